The van der Waals surface area contributed by atoms with Gasteiger partial charge in [0.15, 0.2) is 0 Å². The first-order valence-corrected chi connectivity index (χ1v) is 0.447. The average Bonchev–Trinajstić information content (AvgIpc) is 1.00. The van der Waals surface area contributed by atoms with Crippen molar-refractivity contribution in [1.29, 1.82) is 0 Å². The predicted molar refractivity (Wildman–Crippen MR) is 14.9 cm³/mol. The molecule has 0 unspecified atom stereocenters. The second kappa shape index (κ2) is 43.7. The van der Waals surface area contributed by atoms with Gasteiger partial charge in [-0.25, -0.2) is 0 Å². The van der Waals surface area contributed by atoms with E-state index in [9.17, 15) is 0 Å². The SMILES string of the molecule is C.CO.[Zr]. The summed E-state index contributed by atoms with van der Waals surface area (Å²) in [5, 5.41) is 7.00. The molecule has 0 aromatic heterocycles. The summed E-state index contributed by atoms with van der Waals surface area (Å²) >= 11 is 0. The van der Waals surface area contributed by atoms with E-state index in [4.69, 9.17) is 5.11 Å². The van der Waals surface area contributed by atoms with Crippen LogP contribution in [0.15, 0.2) is 0 Å². The molecule has 1 nitrogen and oxygen atoms in total. The van der Waals surface area contributed by atoms with Gasteiger partial charge in [-0.1, -0.05) is 7.43 Å². The molecule has 0 radical (unpaired) electrons. The summed E-state index contributed by atoms with van der Waals surface area (Å²) in [5.74, 6) is 0. The molecule has 0 bridgehead atoms. The van der Waals surface area contributed by atoms with Crippen LogP contribution in [0.1, 0.15) is 7.43 Å². The van der Waals surface area contributed by atoms with Gasteiger partial charge in [-0.2, -0.15) is 0 Å². The molecule has 1 N–H and O–H groups in total. The predicted octanol–water partition coefficient (Wildman–Crippen LogP) is 0.242. The van der Waals surface area contributed by atoms with Crippen molar-refractivity contribution in [3.8, 4) is 0 Å². The Morgan fingerprint density at radius 1 is 1.25 bits per heavy atom. The number of hydrogen-bond acceptors (Lipinski definition) is 1. The van der Waals surface area contributed by atoms with E-state index in [0.29, 0.717) is 0 Å². The fourth-order valence-corrected chi connectivity index (χ4v) is 0. The Hall–Kier alpha value is 0.843. The third-order valence-electron chi connectivity index (χ3n) is 0. The molecule has 0 rings (SSSR count). The maximum absolute atomic E-state index is 7.00. The van der Waals surface area contributed by atoms with Gasteiger partial charge in [-0.15, -0.1) is 0 Å². The van der Waals surface area contributed by atoms with E-state index < -0.39 is 0 Å². The van der Waals surface area contributed by atoms with Crippen LogP contribution in [0.3, 0.4) is 0 Å². The molecule has 0 aliphatic carbocycles. The van der Waals surface area contributed by atoms with Crippen molar-refractivity contribution < 1.29 is 31.3 Å². The molecule has 0 aromatic rings. The molecule has 26 valence electrons. The van der Waals surface area contributed by atoms with E-state index in [1.165, 1.54) is 0 Å². The van der Waals surface area contributed by atoms with Gasteiger partial charge in [-0.05, 0) is 0 Å². The maximum Gasteiger partial charge on any atom is 0.0319 e. The topological polar surface area (TPSA) is 20.2 Å². The van der Waals surface area contributed by atoms with Gasteiger partial charge in [0.05, 0.1) is 0 Å². The van der Waals surface area contributed by atoms with E-state index in [-0.39, 0.29) is 33.6 Å². The first-order valence-electron chi connectivity index (χ1n) is 0.447. The van der Waals surface area contributed by atoms with Gasteiger partial charge >= 0.3 is 0 Å². The normalized spacial score (nSPS) is 1.50. The van der Waals surface area contributed by atoms with Crippen LogP contribution in [-0.2, 0) is 26.2 Å². The summed E-state index contributed by atoms with van der Waals surface area (Å²) in [5.41, 5.74) is 0. The number of hydrogen-bond donors (Lipinski definition) is 1. The molecule has 0 aromatic carbocycles. The van der Waals surface area contributed by atoms with Crippen LogP contribution in [0.25, 0.3) is 0 Å². The number of aliphatic hydroxyl groups excluding tert-OH is 1. The minimum Gasteiger partial charge on any atom is -0.400 e. The van der Waals surface area contributed by atoms with E-state index in [0.717, 1.165) is 7.11 Å². The van der Waals surface area contributed by atoms with Crippen LogP contribution in [0.5, 0.6) is 0 Å². The van der Waals surface area contributed by atoms with Gasteiger partial charge in [0.1, 0.15) is 0 Å². The fraction of sp³-hybridized carbons (Fsp3) is 1.00. The number of rotatable bonds is 0. The Balaban J connectivity index is -0.00000000500. The minimum atomic E-state index is 0. The van der Waals surface area contributed by atoms with E-state index in [1.54, 1.807) is 0 Å². The van der Waals surface area contributed by atoms with Gasteiger partial charge in [-0.3, -0.25) is 0 Å². The third-order valence-corrected chi connectivity index (χ3v) is 0. The van der Waals surface area contributed by atoms with E-state index >= 15 is 0 Å². The molecule has 0 aliphatic rings. The van der Waals surface area contributed by atoms with Crippen molar-refractivity contribution in [2.75, 3.05) is 7.11 Å². The zero-order valence-corrected chi connectivity index (χ0v) is 4.41. The van der Waals surface area contributed by atoms with Crippen LogP contribution in [0, 0.1) is 0 Å². The minimum absolute atomic E-state index is 0. The first kappa shape index (κ1) is 21.1. The second-order valence-corrected chi connectivity index (χ2v) is 0. The van der Waals surface area contributed by atoms with E-state index in [2.05, 4.69) is 0 Å². The smallest absolute Gasteiger partial charge is 0.0319 e. The number of aliphatic hydroxyl groups is 1. The van der Waals surface area contributed by atoms with Crippen molar-refractivity contribution in [3.05, 3.63) is 0 Å². The van der Waals surface area contributed by atoms with Crippen molar-refractivity contribution in [2.24, 2.45) is 0 Å². The summed E-state index contributed by atoms with van der Waals surface area (Å²) in [6.45, 7) is 0. The molecular formula is C2H8OZr. The molecule has 0 saturated carbocycles. The van der Waals surface area contributed by atoms with Crippen LogP contribution < -0.4 is 0 Å². The fourth-order valence-electron chi connectivity index (χ4n) is 0. The van der Waals surface area contributed by atoms with Crippen LogP contribution in [-0.4, -0.2) is 12.2 Å². The monoisotopic (exact) mass is 138 g/mol. The van der Waals surface area contributed by atoms with Gasteiger partial charge in [0.2, 0.25) is 0 Å². The van der Waals surface area contributed by atoms with Crippen LogP contribution >= 0.6 is 0 Å². The molecule has 0 amide bonds. The van der Waals surface area contributed by atoms with Crippen molar-refractivity contribution in [3.63, 3.8) is 0 Å². The quantitative estimate of drug-likeness (QED) is 0.510. The Morgan fingerprint density at radius 3 is 1.25 bits per heavy atom. The summed E-state index contributed by atoms with van der Waals surface area (Å²) in [7, 11) is 1.00. The van der Waals surface area contributed by atoms with Crippen molar-refractivity contribution >= 4 is 0 Å². The summed E-state index contributed by atoms with van der Waals surface area (Å²) < 4.78 is 0. The summed E-state index contributed by atoms with van der Waals surface area (Å²) in [6, 6.07) is 0. The average molecular weight is 139 g/mol. The van der Waals surface area contributed by atoms with Crippen molar-refractivity contribution in [1.82, 2.24) is 0 Å². The molecule has 0 atom stereocenters. The van der Waals surface area contributed by atoms with Crippen LogP contribution in [0.4, 0.5) is 0 Å². The second-order valence-electron chi connectivity index (χ2n) is 0. The first-order chi connectivity index (χ1) is 1.00. The molecule has 0 aliphatic heterocycles. The molecule has 0 heterocycles. The summed E-state index contributed by atoms with van der Waals surface area (Å²) in [4.78, 5) is 0. The Morgan fingerprint density at radius 2 is 1.25 bits per heavy atom. The van der Waals surface area contributed by atoms with Crippen molar-refractivity contribution in [2.45, 2.75) is 7.43 Å². The third kappa shape index (κ3) is 13.6. The Kier molecular flexibility index (Phi) is 230. The van der Waals surface area contributed by atoms with E-state index in [1.807, 2.05) is 0 Å². The molecule has 2 heteroatoms. The molecule has 0 spiro atoms. The largest absolute Gasteiger partial charge is 0.400 e. The Labute approximate surface area is 46.2 Å². The van der Waals surface area contributed by atoms with Gasteiger partial charge in [0.25, 0.3) is 0 Å². The Bertz CT molecular complexity index is 6.00. The van der Waals surface area contributed by atoms with Gasteiger partial charge in [0, 0.05) is 33.3 Å². The zero-order chi connectivity index (χ0) is 2.00. The molecule has 4 heavy (non-hydrogen) atoms. The standard InChI is InChI=1S/CH4O.CH4.Zr/c1-2;;/h2H,1H3;1H4;. The molecule has 0 saturated heterocycles. The molecule has 0 fully saturated rings. The molecular weight excluding hydrogens is 131 g/mol. The van der Waals surface area contributed by atoms with Crippen LogP contribution in [0.2, 0.25) is 0 Å². The van der Waals surface area contributed by atoms with Gasteiger partial charge < -0.3 is 5.11 Å². The summed E-state index contributed by atoms with van der Waals surface area (Å²) in [6.07, 6.45) is 0. The zero-order valence-electron chi connectivity index (χ0n) is 1.95. The maximum atomic E-state index is 7.00.